The predicted molar refractivity (Wildman–Crippen MR) is 75.0 cm³/mol. The van der Waals surface area contributed by atoms with Crippen molar-refractivity contribution in [1.82, 2.24) is 34.8 Å². The van der Waals surface area contributed by atoms with Crippen LogP contribution in [0.2, 0.25) is 0 Å². The van der Waals surface area contributed by atoms with Crippen molar-refractivity contribution in [1.29, 1.82) is 0 Å². The van der Waals surface area contributed by atoms with Crippen LogP contribution in [0, 0.1) is 0 Å². The number of rotatable bonds is 2. The molecule has 4 N–H and O–H groups in total. The average molecular weight is 296 g/mol. The van der Waals surface area contributed by atoms with E-state index in [1.807, 2.05) is 0 Å². The van der Waals surface area contributed by atoms with Gasteiger partial charge in [-0.25, -0.2) is 24.3 Å². The maximum Gasteiger partial charge on any atom is 0.350 e. The van der Waals surface area contributed by atoms with E-state index in [0.717, 1.165) is 0 Å². The molecule has 22 heavy (non-hydrogen) atoms. The number of hydrogen-bond acceptors (Lipinski definition) is 6. The highest BCUT2D eigenvalue weighted by Crippen LogP contribution is 2.23. The van der Waals surface area contributed by atoms with Crippen molar-refractivity contribution < 1.29 is 4.79 Å². The molecule has 0 saturated heterocycles. The fourth-order valence-corrected chi connectivity index (χ4v) is 2.27. The highest BCUT2D eigenvalue weighted by molar-refractivity contribution is 6.04. The zero-order valence-corrected chi connectivity index (χ0v) is 10.9. The lowest BCUT2D eigenvalue weighted by Crippen LogP contribution is -2.17. The van der Waals surface area contributed by atoms with Crippen LogP contribution in [0.5, 0.6) is 0 Å². The van der Waals surface area contributed by atoms with Gasteiger partial charge in [0.1, 0.15) is 11.8 Å². The standard InChI is InChI=1S/C12H8N8O2/c13-9(21)5-2-1-3-6-7(5)16-10(15-6)8-11-17-19-18-12(22)20(11)4-14-8/h1-4H,(H2,13,21)(H,15,16)(H,17,18,22). The van der Waals surface area contributed by atoms with E-state index in [4.69, 9.17) is 5.73 Å². The van der Waals surface area contributed by atoms with Gasteiger partial charge in [0.2, 0.25) is 0 Å². The fraction of sp³-hybridized carbons (Fsp3) is 0. The minimum absolute atomic E-state index is 0.253. The van der Waals surface area contributed by atoms with Gasteiger partial charge in [0.15, 0.2) is 17.2 Å². The first-order valence-electron chi connectivity index (χ1n) is 6.22. The molecule has 0 aliphatic heterocycles. The molecule has 1 amide bonds. The van der Waals surface area contributed by atoms with Gasteiger partial charge in [-0.05, 0) is 12.1 Å². The topological polar surface area (TPSA) is 148 Å². The van der Waals surface area contributed by atoms with E-state index in [1.165, 1.54) is 10.7 Å². The van der Waals surface area contributed by atoms with Gasteiger partial charge in [0.05, 0.1) is 11.1 Å². The first kappa shape index (κ1) is 12.2. The molecular weight excluding hydrogens is 288 g/mol. The molecule has 1 aromatic carbocycles. The first-order valence-corrected chi connectivity index (χ1v) is 6.22. The van der Waals surface area contributed by atoms with Crippen LogP contribution in [0.15, 0.2) is 29.3 Å². The number of carbonyl (C=O) groups is 1. The third-order valence-corrected chi connectivity index (χ3v) is 3.25. The molecule has 0 atom stereocenters. The van der Waals surface area contributed by atoms with E-state index in [2.05, 4.69) is 30.4 Å². The summed E-state index contributed by atoms with van der Waals surface area (Å²) in [6.45, 7) is 0. The number of nitrogens with two attached hydrogens (primary N) is 1. The minimum Gasteiger partial charge on any atom is -0.366 e. The third kappa shape index (κ3) is 1.60. The van der Waals surface area contributed by atoms with Gasteiger partial charge in [-0.3, -0.25) is 4.79 Å². The number of nitrogens with zero attached hydrogens (tertiary/aromatic N) is 5. The highest BCUT2D eigenvalue weighted by atomic mass is 16.1. The van der Waals surface area contributed by atoms with Crippen molar-refractivity contribution in [3.63, 3.8) is 0 Å². The van der Waals surface area contributed by atoms with Crippen LogP contribution in [0.1, 0.15) is 10.4 Å². The maximum atomic E-state index is 11.6. The number of nitrogens with one attached hydrogen (secondary N) is 2. The molecule has 4 aromatic rings. The number of fused-ring (bicyclic) bond motifs is 2. The van der Waals surface area contributed by atoms with Gasteiger partial charge in [-0.1, -0.05) is 11.3 Å². The number of carbonyl (C=O) groups excluding carboxylic acids is 1. The molecule has 0 unspecified atom stereocenters. The molecule has 3 aromatic heterocycles. The summed E-state index contributed by atoms with van der Waals surface area (Å²) in [7, 11) is 0. The van der Waals surface area contributed by atoms with Gasteiger partial charge >= 0.3 is 5.69 Å². The second-order valence-electron chi connectivity index (χ2n) is 4.56. The molecule has 0 fully saturated rings. The molecule has 4 rings (SSSR count). The van der Waals surface area contributed by atoms with Crippen LogP contribution < -0.4 is 11.4 Å². The van der Waals surface area contributed by atoms with Gasteiger partial charge in [-0.15, -0.1) is 5.10 Å². The number of benzene rings is 1. The Labute approximate surface area is 121 Å². The van der Waals surface area contributed by atoms with E-state index in [-0.39, 0.29) is 5.65 Å². The second-order valence-corrected chi connectivity index (χ2v) is 4.56. The smallest absolute Gasteiger partial charge is 0.350 e. The number of aromatic amines is 2. The number of aromatic nitrogens is 7. The van der Waals surface area contributed by atoms with Gasteiger partial charge < -0.3 is 10.7 Å². The van der Waals surface area contributed by atoms with Crippen LogP contribution >= 0.6 is 0 Å². The second kappa shape index (κ2) is 4.22. The molecule has 10 heteroatoms. The Hall–Kier alpha value is -3.56. The Bertz CT molecular complexity index is 1090. The number of amides is 1. The number of H-pyrrole nitrogens is 2. The number of imidazole rings is 2. The van der Waals surface area contributed by atoms with E-state index in [0.29, 0.717) is 28.1 Å². The summed E-state index contributed by atoms with van der Waals surface area (Å²) in [5.41, 5.74) is 6.85. The molecule has 0 aliphatic rings. The predicted octanol–water partition coefficient (Wildman–Crippen LogP) is -0.545. The summed E-state index contributed by atoms with van der Waals surface area (Å²) in [5.74, 6) is -0.208. The van der Waals surface area contributed by atoms with Crippen LogP contribution in [-0.2, 0) is 0 Å². The number of para-hydroxylation sites is 1. The van der Waals surface area contributed by atoms with E-state index in [1.54, 1.807) is 18.2 Å². The lowest BCUT2D eigenvalue weighted by molar-refractivity contribution is 0.100. The average Bonchev–Trinajstić information content (AvgIpc) is 3.10. The normalized spacial score (nSPS) is 11.3. The SMILES string of the molecule is NC(=O)c1cccc2[nH]c(-c3ncn4c(=O)[nH]nnc34)nc12. The molecule has 108 valence electrons. The molecule has 0 bridgehead atoms. The van der Waals surface area contributed by atoms with Crippen molar-refractivity contribution in [2.75, 3.05) is 0 Å². The fourth-order valence-electron chi connectivity index (χ4n) is 2.27. The van der Waals surface area contributed by atoms with Crippen molar-refractivity contribution in [2.45, 2.75) is 0 Å². The monoisotopic (exact) mass is 296 g/mol. The molecule has 0 saturated carbocycles. The van der Waals surface area contributed by atoms with E-state index in [9.17, 15) is 9.59 Å². The summed E-state index contributed by atoms with van der Waals surface area (Å²) in [5, 5.41) is 9.56. The maximum absolute atomic E-state index is 11.6. The molecular formula is C12H8N8O2. The lowest BCUT2D eigenvalue weighted by Gasteiger charge is -1.94. The van der Waals surface area contributed by atoms with Crippen LogP contribution in [0.3, 0.4) is 0 Å². The van der Waals surface area contributed by atoms with E-state index >= 15 is 0 Å². The van der Waals surface area contributed by atoms with Crippen molar-refractivity contribution in [2.24, 2.45) is 5.73 Å². The van der Waals surface area contributed by atoms with Crippen LogP contribution in [-0.4, -0.2) is 40.7 Å². The Morgan fingerprint density at radius 2 is 2.18 bits per heavy atom. The molecule has 0 aliphatic carbocycles. The molecule has 10 nitrogen and oxygen atoms in total. The summed E-state index contributed by atoms with van der Waals surface area (Å²) in [4.78, 5) is 34.6. The summed E-state index contributed by atoms with van der Waals surface area (Å²) >= 11 is 0. The zero-order valence-electron chi connectivity index (χ0n) is 10.9. The first-order chi connectivity index (χ1) is 10.6. The van der Waals surface area contributed by atoms with Crippen molar-refractivity contribution >= 4 is 22.6 Å². The highest BCUT2D eigenvalue weighted by Gasteiger charge is 2.17. The minimum atomic E-state index is -0.574. The molecule has 0 radical (unpaired) electrons. The molecule has 3 heterocycles. The van der Waals surface area contributed by atoms with Crippen LogP contribution in [0.25, 0.3) is 28.2 Å². The Morgan fingerprint density at radius 1 is 1.32 bits per heavy atom. The summed E-state index contributed by atoms with van der Waals surface area (Å²) < 4.78 is 1.21. The van der Waals surface area contributed by atoms with Gasteiger partial charge in [-0.2, -0.15) is 0 Å². The Balaban J connectivity index is 2.01. The third-order valence-electron chi connectivity index (χ3n) is 3.25. The zero-order chi connectivity index (χ0) is 15.3. The summed E-state index contributed by atoms with van der Waals surface area (Å²) in [6.07, 6.45) is 1.32. The number of hydrogen-bond donors (Lipinski definition) is 3. The quantitative estimate of drug-likeness (QED) is 0.452. The largest absolute Gasteiger partial charge is 0.366 e. The van der Waals surface area contributed by atoms with Crippen molar-refractivity contribution in [3.05, 3.63) is 40.6 Å². The molecule has 0 spiro atoms. The van der Waals surface area contributed by atoms with Gasteiger partial charge in [0, 0.05) is 0 Å². The Kier molecular flexibility index (Phi) is 2.34. The lowest BCUT2D eigenvalue weighted by atomic mass is 10.2. The number of primary amides is 1. The van der Waals surface area contributed by atoms with Gasteiger partial charge in [0.25, 0.3) is 5.91 Å². The Morgan fingerprint density at radius 3 is 3.00 bits per heavy atom. The summed E-state index contributed by atoms with van der Waals surface area (Å²) in [6, 6.07) is 5.04. The van der Waals surface area contributed by atoms with Crippen LogP contribution in [0.4, 0.5) is 0 Å². The van der Waals surface area contributed by atoms with E-state index < -0.39 is 11.6 Å². The van der Waals surface area contributed by atoms with Crippen molar-refractivity contribution in [3.8, 4) is 11.5 Å².